The minimum absolute atomic E-state index is 0.760. The van der Waals surface area contributed by atoms with Crippen molar-refractivity contribution in [3.63, 3.8) is 0 Å². The smallest absolute Gasteiger partial charge is 0.119 e. The fraction of sp³-hybridized carbons (Fsp3) is 0.250. The van der Waals surface area contributed by atoms with E-state index in [9.17, 15) is 0 Å². The first-order valence-electron chi connectivity index (χ1n) is 19.1. The van der Waals surface area contributed by atoms with Gasteiger partial charge in [0.15, 0.2) is 0 Å². The number of unbranched alkanes of at least 4 members (excludes halogenated alkanes) is 6. The number of ether oxygens (including phenoxy) is 2. The SMILES string of the molecule is CCCCCCOc1ccc(N(c2ccccc2)c2ccc(-c3ccc(N(c4ccccc4)c4ccc(OCCCCCC)cc4)cc3)cc2)cc1. The van der Waals surface area contributed by atoms with Crippen molar-refractivity contribution in [3.8, 4) is 22.6 Å². The molecule has 0 saturated heterocycles. The number of benzene rings is 6. The molecule has 0 fully saturated rings. The summed E-state index contributed by atoms with van der Waals surface area (Å²) in [6, 6.07) is 55.7. The Morgan fingerprint density at radius 3 is 0.962 bits per heavy atom. The lowest BCUT2D eigenvalue weighted by atomic mass is 10.0. The third-order valence-corrected chi connectivity index (χ3v) is 9.34. The Hall–Kier alpha value is -5.48. The van der Waals surface area contributed by atoms with Gasteiger partial charge in [-0.3, -0.25) is 0 Å². The molecule has 0 aromatic heterocycles. The number of hydrogen-bond donors (Lipinski definition) is 0. The van der Waals surface area contributed by atoms with E-state index in [1.54, 1.807) is 0 Å². The third-order valence-electron chi connectivity index (χ3n) is 9.34. The highest BCUT2D eigenvalue weighted by Crippen LogP contribution is 2.38. The largest absolute Gasteiger partial charge is 0.494 e. The van der Waals surface area contributed by atoms with Crippen molar-refractivity contribution >= 4 is 34.1 Å². The molecule has 0 spiro atoms. The van der Waals surface area contributed by atoms with E-state index >= 15 is 0 Å². The fourth-order valence-corrected chi connectivity index (χ4v) is 6.48. The van der Waals surface area contributed by atoms with E-state index < -0.39 is 0 Å². The molecule has 0 atom stereocenters. The van der Waals surface area contributed by atoms with Crippen molar-refractivity contribution in [1.29, 1.82) is 0 Å². The summed E-state index contributed by atoms with van der Waals surface area (Å²) < 4.78 is 12.1. The van der Waals surface area contributed by atoms with Gasteiger partial charge < -0.3 is 19.3 Å². The average molecular weight is 689 g/mol. The maximum absolute atomic E-state index is 6.04. The Bertz CT molecular complexity index is 1730. The highest BCUT2D eigenvalue weighted by Gasteiger charge is 2.15. The Kier molecular flexibility index (Phi) is 13.4. The molecule has 4 nitrogen and oxygen atoms in total. The standard InChI is InChI=1S/C48H52N2O2/c1-3-5-7-15-37-51-47-33-29-45(30-34-47)49(41-17-11-9-12-18-41)43-25-21-39(22-26-43)40-23-27-44(28-24-40)50(42-19-13-10-14-20-42)46-31-35-48(36-32-46)52-38-16-8-6-4-2/h9-14,17-36H,3-8,15-16,37-38H2,1-2H3. The zero-order chi connectivity index (χ0) is 35.8. The van der Waals surface area contributed by atoms with Crippen LogP contribution in [0.2, 0.25) is 0 Å². The predicted octanol–water partition coefficient (Wildman–Crippen LogP) is 14.2. The molecule has 0 amide bonds. The summed E-state index contributed by atoms with van der Waals surface area (Å²) in [4.78, 5) is 4.58. The highest BCUT2D eigenvalue weighted by atomic mass is 16.5. The summed E-state index contributed by atoms with van der Waals surface area (Å²) in [5.41, 5.74) is 8.94. The molecular formula is C48H52N2O2. The van der Waals surface area contributed by atoms with E-state index in [0.717, 1.165) is 71.7 Å². The van der Waals surface area contributed by atoms with Crippen molar-refractivity contribution in [1.82, 2.24) is 0 Å². The second kappa shape index (κ2) is 19.2. The van der Waals surface area contributed by atoms with Gasteiger partial charge in [-0.25, -0.2) is 0 Å². The quantitative estimate of drug-likeness (QED) is 0.0791. The first-order chi connectivity index (χ1) is 25.7. The van der Waals surface area contributed by atoms with Crippen molar-refractivity contribution in [2.75, 3.05) is 23.0 Å². The van der Waals surface area contributed by atoms with Crippen LogP contribution in [0.4, 0.5) is 34.1 Å². The summed E-state index contributed by atoms with van der Waals surface area (Å²) in [6.45, 7) is 5.99. The molecule has 0 saturated carbocycles. The monoisotopic (exact) mass is 688 g/mol. The van der Waals surface area contributed by atoms with Crippen LogP contribution < -0.4 is 19.3 Å². The maximum Gasteiger partial charge on any atom is 0.119 e. The summed E-state index contributed by atoms with van der Waals surface area (Å²) in [5.74, 6) is 1.83. The number of rotatable bonds is 19. The van der Waals surface area contributed by atoms with Crippen molar-refractivity contribution in [3.05, 3.63) is 158 Å². The van der Waals surface area contributed by atoms with Crippen LogP contribution in [-0.4, -0.2) is 13.2 Å². The topological polar surface area (TPSA) is 24.9 Å². The van der Waals surface area contributed by atoms with E-state index in [2.05, 4.69) is 181 Å². The summed E-state index contributed by atoms with van der Waals surface area (Å²) in [5, 5.41) is 0. The lowest BCUT2D eigenvalue weighted by Crippen LogP contribution is -2.10. The molecule has 0 heterocycles. The molecule has 0 unspecified atom stereocenters. The lowest BCUT2D eigenvalue weighted by molar-refractivity contribution is 0.305. The summed E-state index contributed by atoms with van der Waals surface area (Å²) in [7, 11) is 0. The molecule has 4 heteroatoms. The average Bonchev–Trinajstić information content (AvgIpc) is 3.20. The second-order valence-corrected chi connectivity index (χ2v) is 13.2. The third kappa shape index (κ3) is 9.85. The van der Waals surface area contributed by atoms with Crippen molar-refractivity contribution in [2.45, 2.75) is 65.2 Å². The van der Waals surface area contributed by atoms with Gasteiger partial charge in [0, 0.05) is 34.1 Å². The van der Waals surface area contributed by atoms with Gasteiger partial charge in [0.2, 0.25) is 0 Å². The Labute approximate surface area is 311 Å². The van der Waals surface area contributed by atoms with Gasteiger partial charge in [-0.15, -0.1) is 0 Å². The lowest BCUT2D eigenvalue weighted by Gasteiger charge is -2.26. The molecule has 6 rings (SSSR count). The predicted molar refractivity (Wildman–Crippen MR) is 221 cm³/mol. The summed E-state index contributed by atoms with van der Waals surface area (Å²) >= 11 is 0. The van der Waals surface area contributed by atoms with E-state index in [0.29, 0.717) is 0 Å². The van der Waals surface area contributed by atoms with Gasteiger partial charge >= 0.3 is 0 Å². The Morgan fingerprint density at radius 2 is 0.635 bits per heavy atom. The minimum atomic E-state index is 0.760. The van der Waals surface area contributed by atoms with Crippen LogP contribution in [0.25, 0.3) is 11.1 Å². The van der Waals surface area contributed by atoms with Crippen molar-refractivity contribution in [2.24, 2.45) is 0 Å². The maximum atomic E-state index is 6.04. The Morgan fingerprint density at radius 1 is 0.327 bits per heavy atom. The zero-order valence-corrected chi connectivity index (χ0v) is 30.8. The van der Waals surface area contributed by atoms with E-state index in [1.807, 2.05) is 0 Å². The van der Waals surface area contributed by atoms with Crippen LogP contribution >= 0.6 is 0 Å². The molecule has 6 aromatic rings. The zero-order valence-electron chi connectivity index (χ0n) is 30.8. The fourth-order valence-electron chi connectivity index (χ4n) is 6.48. The van der Waals surface area contributed by atoms with Crippen LogP contribution in [0.1, 0.15) is 65.2 Å². The van der Waals surface area contributed by atoms with Crippen LogP contribution in [0, 0.1) is 0 Å². The van der Waals surface area contributed by atoms with Crippen LogP contribution in [0.15, 0.2) is 158 Å². The molecule has 266 valence electrons. The van der Waals surface area contributed by atoms with Crippen LogP contribution in [0.5, 0.6) is 11.5 Å². The molecule has 0 bridgehead atoms. The first kappa shape index (κ1) is 36.3. The molecule has 0 radical (unpaired) electrons. The molecule has 0 N–H and O–H groups in total. The van der Waals surface area contributed by atoms with Crippen LogP contribution in [0.3, 0.4) is 0 Å². The highest BCUT2D eigenvalue weighted by molar-refractivity contribution is 5.80. The number of hydrogen-bond acceptors (Lipinski definition) is 4. The molecule has 0 aliphatic carbocycles. The van der Waals surface area contributed by atoms with Crippen LogP contribution in [-0.2, 0) is 0 Å². The van der Waals surface area contributed by atoms with Gasteiger partial charge in [0.25, 0.3) is 0 Å². The van der Waals surface area contributed by atoms with E-state index in [4.69, 9.17) is 9.47 Å². The summed E-state index contributed by atoms with van der Waals surface area (Å²) in [6.07, 6.45) is 9.60. The second-order valence-electron chi connectivity index (χ2n) is 13.2. The van der Waals surface area contributed by atoms with Gasteiger partial charge in [-0.05, 0) is 121 Å². The molecule has 6 aromatic carbocycles. The van der Waals surface area contributed by atoms with Gasteiger partial charge in [-0.2, -0.15) is 0 Å². The van der Waals surface area contributed by atoms with Crippen molar-refractivity contribution < 1.29 is 9.47 Å². The van der Waals surface area contributed by atoms with E-state index in [-0.39, 0.29) is 0 Å². The first-order valence-corrected chi connectivity index (χ1v) is 19.1. The van der Waals surface area contributed by atoms with Gasteiger partial charge in [-0.1, -0.05) is 113 Å². The van der Waals surface area contributed by atoms with E-state index in [1.165, 1.54) is 49.7 Å². The Balaban J connectivity index is 1.19. The minimum Gasteiger partial charge on any atom is -0.494 e. The number of nitrogens with zero attached hydrogens (tertiary/aromatic N) is 2. The molecule has 0 aliphatic rings. The molecular weight excluding hydrogens is 637 g/mol. The molecule has 0 aliphatic heterocycles. The molecule has 52 heavy (non-hydrogen) atoms. The number of anilines is 6. The van der Waals surface area contributed by atoms with Gasteiger partial charge in [0.1, 0.15) is 11.5 Å². The van der Waals surface area contributed by atoms with Gasteiger partial charge in [0.05, 0.1) is 13.2 Å². The normalized spacial score (nSPS) is 10.9. The number of para-hydroxylation sites is 2.